The lowest BCUT2D eigenvalue weighted by Crippen LogP contribution is -2.47. The van der Waals surface area contributed by atoms with Crippen molar-refractivity contribution in [3.63, 3.8) is 0 Å². The summed E-state index contributed by atoms with van der Waals surface area (Å²) in [7, 11) is 1.48. The fourth-order valence-corrected chi connectivity index (χ4v) is 9.93. The van der Waals surface area contributed by atoms with Crippen LogP contribution in [0.15, 0.2) is 85.1 Å². The number of ether oxygens (including phenoxy) is 1. The van der Waals surface area contributed by atoms with Crippen molar-refractivity contribution in [3.8, 4) is 0 Å². The molecule has 0 aliphatic carbocycles. The predicted octanol–water partition coefficient (Wildman–Crippen LogP) is 20.6. The summed E-state index contributed by atoms with van der Waals surface area (Å²) in [5, 5.41) is 3.05. The predicted molar refractivity (Wildman–Crippen MR) is 341 cm³/mol. The molecular formula is C69H126N2O7P+. The number of esters is 1. The number of likely N-dealkylation sites (N-methyl/N-ethyl adjacent to an activating group) is 1. The number of phosphoric ester groups is 1. The van der Waals surface area contributed by atoms with E-state index in [4.69, 9.17) is 13.8 Å². The summed E-state index contributed by atoms with van der Waals surface area (Å²) in [6.07, 6.45) is 77.3. The lowest BCUT2D eigenvalue weighted by Gasteiger charge is -2.27. The number of hydrogen-bond acceptors (Lipinski definition) is 6. The van der Waals surface area contributed by atoms with Crippen LogP contribution in [0, 0.1) is 0 Å². The zero-order chi connectivity index (χ0) is 57.9. The standard InChI is InChI=1S/C69H125N2O7P/c1-7-10-13-16-19-22-25-27-29-31-32-33-34-35-36-37-38-40-42-44-47-50-53-56-59-62-69(73)78-67(60-57-54-51-48-45-24-21-18-15-12-9-3)66(65-77-79(74,75)76-64-63-71(4,5)6)70-68(72)61-58-55-52-49-46-43-41-39-30-28-26-23-20-17-14-11-8-2/h19-20,22-23,27-30,32-33,41,43,57,60,66-67H,7-18,21,24-26,31,34-40,42,44-56,58-59,61-65H2,1-6H3,(H-,70,72,74,75)/p+1/b22-19-,23-20-,29-27-,30-28-,33-32-,43-41-,60-57-. The average molecular weight is 1130 g/mol. The molecule has 0 heterocycles. The fraction of sp³-hybridized carbons (Fsp3) is 0.768. The number of carbonyl (C=O) groups is 2. The second kappa shape index (κ2) is 58.4. The monoisotopic (exact) mass is 1130 g/mol. The number of amides is 1. The molecule has 0 saturated carbocycles. The Bertz CT molecular complexity index is 1630. The number of quaternary nitrogens is 1. The molecule has 0 aliphatic heterocycles. The van der Waals surface area contributed by atoms with Crippen LogP contribution in [-0.2, 0) is 27.9 Å². The molecule has 0 bridgehead atoms. The number of phosphoric acid groups is 1. The van der Waals surface area contributed by atoms with E-state index in [1.165, 1.54) is 161 Å². The number of nitrogens with zero attached hydrogens (tertiary/aromatic N) is 1. The number of carbonyl (C=O) groups excluding carboxylic acids is 2. The van der Waals surface area contributed by atoms with Crippen molar-refractivity contribution in [1.29, 1.82) is 0 Å². The van der Waals surface area contributed by atoms with E-state index >= 15 is 0 Å². The molecule has 79 heavy (non-hydrogen) atoms. The first-order valence-corrected chi connectivity index (χ1v) is 34.4. The maximum atomic E-state index is 13.5. The Hall–Kier alpha value is -2.81. The van der Waals surface area contributed by atoms with E-state index in [0.717, 1.165) is 96.3 Å². The first kappa shape index (κ1) is 76.2. The van der Waals surface area contributed by atoms with Gasteiger partial charge in [-0.15, -0.1) is 0 Å². The maximum absolute atomic E-state index is 13.5. The van der Waals surface area contributed by atoms with E-state index in [-0.39, 0.29) is 31.5 Å². The van der Waals surface area contributed by atoms with Crippen LogP contribution >= 0.6 is 7.82 Å². The second-order valence-corrected chi connectivity index (χ2v) is 24.7. The third kappa shape index (κ3) is 59.6. The third-order valence-electron chi connectivity index (χ3n) is 14.3. The zero-order valence-electron chi connectivity index (χ0n) is 52.3. The van der Waals surface area contributed by atoms with Gasteiger partial charge in [0.1, 0.15) is 19.3 Å². The summed E-state index contributed by atoms with van der Waals surface area (Å²) in [5.41, 5.74) is 0. The fourth-order valence-electron chi connectivity index (χ4n) is 9.19. The summed E-state index contributed by atoms with van der Waals surface area (Å²) in [5.74, 6) is -0.531. The minimum absolute atomic E-state index is 0.0326. The van der Waals surface area contributed by atoms with Gasteiger partial charge in [-0.3, -0.25) is 18.6 Å². The van der Waals surface area contributed by atoms with Crippen LogP contribution in [0.3, 0.4) is 0 Å². The van der Waals surface area contributed by atoms with E-state index < -0.39 is 20.0 Å². The second-order valence-electron chi connectivity index (χ2n) is 23.3. The highest BCUT2D eigenvalue weighted by Crippen LogP contribution is 2.43. The lowest BCUT2D eigenvalue weighted by molar-refractivity contribution is -0.870. The van der Waals surface area contributed by atoms with E-state index in [1.807, 2.05) is 33.3 Å². The molecular weight excluding hydrogens is 1000 g/mol. The van der Waals surface area contributed by atoms with E-state index in [1.54, 1.807) is 0 Å². The summed E-state index contributed by atoms with van der Waals surface area (Å²) in [4.78, 5) is 37.7. The Morgan fingerprint density at radius 3 is 1.18 bits per heavy atom. The van der Waals surface area contributed by atoms with Crippen molar-refractivity contribution >= 4 is 19.7 Å². The molecule has 2 N–H and O–H groups in total. The molecule has 0 aromatic carbocycles. The summed E-state index contributed by atoms with van der Waals surface area (Å²) < 4.78 is 30.7. The minimum Gasteiger partial charge on any atom is -0.456 e. The lowest BCUT2D eigenvalue weighted by atomic mass is 10.0. The highest BCUT2D eigenvalue weighted by atomic mass is 31.2. The first-order chi connectivity index (χ1) is 38.4. The minimum atomic E-state index is -4.46. The van der Waals surface area contributed by atoms with Crippen molar-refractivity contribution in [2.75, 3.05) is 40.9 Å². The summed E-state index contributed by atoms with van der Waals surface area (Å²) >= 11 is 0. The molecule has 0 rings (SSSR count). The Labute approximate surface area is 488 Å². The Kier molecular flexibility index (Phi) is 56.3. The molecule has 0 fully saturated rings. The van der Waals surface area contributed by atoms with Gasteiger partial charge >= 0.3 is 13.8 Å². The van der Waals surface area contributed by atoms with Crippen molar-refractivity contribution in [3.05, 3.63) is 85.1 Å². The molecule has 3 unspecified atom stereocenters. The molecule has 1 amide bonds. The Morgan fingerprint density at radius 1 is 0.443 bits per heavy atom. The average Bonchev–Trinajstić information content (AvgIpc) is 3.41. The van der Waals surface area contributed by atoms with E-state index in [2.05, 4.69) is 99.0 Å². The molecule has 0 saturated heterocycles. The SMILES string of the molecule is CCCCC/C=C\C/C=C\C/C=C\CCCCCCCCCCCCCCC(=O)OC(/C=C\CCCCCCCCCCC)C(COP(=O)(O)OCC[N+](C)(C)C)NC(=O)CCCCCC/C=C\C/C=C\C/C=C\CCCCC. The topological polar surface area (TPSA) is 111 Å². The number of nitrogens with one attached hydrogen (secondary N) is 1. The molecule has 0 spiro atoms. The van der Waals surface area contributed by atoms with Gasteiger partial charge in [0.25, 0.3) is 0 Å². The highest BCUT2D eigenvalue weighted by molar-refractivity contribution is 7.47. The van der Waals surface area contributed by atoms with Crippen LogP contribution in [0.25, 0.3) is 0 Å². The third-order valence-corrected chi connectivity index (χ3v) is 15.3. The molecule has 0 aliphatic rings. The molecule has 3 atom stereocenters. The van der Waals surface area contributed by atoms with Gasteiger partial charge < -0.3 is 19.4 Å². The first-order valence-electron chi connectivity index (χ1n) is 32.9. The summed E-state index contributed by atoms with van der Waals surface area (Å²) in [6.45, 7) is 6.94. The molecule has 9 nitrogen and oxygen atoms in total. The van der Waals surface area contributed by atoms with Gasteiger partial charge in [-0.2, -0.15) is 0 Å². The molecule has 0 radical (unpaired) electrons. The van der Waals surface area contributed by atoms with Crippen LogP contribution in [0.4, 0.5) is 0 Å². The van der Waals surface area contributed by atoms with Crippen molar-refractivity contribution in [2.45, 2.75) is 303 Å². The number of allylic oxidation sites excluding steroid dienone is 13. The highest BCUT2D eigenvalue weighted by Gasteiger charge is 2.30. The van der Waals surface area contributed by atoms with Crippen LogP contribution in [0.2, 0.25) is 0 Å². The van der Waals surface area contributed by atoms with Crippen molar-refractivity contribution < 1.29 is 37.3 Å². The quantitative estimate of drug-likeness (QED) is 0.0205. The zero-order valence-corrected chi connectivity index (χ0v) is 53.2. The van der Waals surface area contributed by atoms with Crippen molar-refractivity contribution in [1.82, 2.24) is 5.32 Å². The number of unbranched alkanes of at least 4 members (excludes halogenated alkanes) is 31. The van der Waals surface area contributed by atoms with Crippen LogP contribution in [0.1, 0.15) is 290 Å². The van der Waals surface area contributed by atoms with Gasteiger partial charge in [0, 0.05) is 12.8 Å². The van der Waals surface area contributed by atoms with Crippen LogP contribution < -0.4 is 5.32 Å². The molecule has 0 aromatic rings. The maximum Gasteiger partial charge on any atom is 0.472 e. The van der Waals surface area contributed by atoms with Gasteiger partial charge in [-0.1, -0.05) is 254 Å². The number of rotatable bonds is 59. The van der Waals surface area contributed by atoms with Gasteiger partial charge in [0.15, 0.2) is 0 Å². The van der Waals surface area contributed by atoms with Gasteiger partial charge in [0.2, 0.25) is 5.91 Å². The normalized spacial score (nSPS) is 14.2. The molecule has 0 aromatic heterocycles. The van der Waals surface area contributed by atoms with E-state index in [9.17, 15) is 19.0 Å². The molecule has 10 heteroatoms. The van der Waals surface area contributed by atoms with E-state index in [0.29, 0.717) is 17.4 Å². The van der Waals surface area contributed by atoms with Crippen LogP contribution in [0.5, 0.6) is 0 Å². The van der Waals surface area contributed by atoms with Gasteiger partial charge in [0.05, 0.1) is 33.8 Å². The Morgan fingerprint density at radius 2 is 0.772 bits per heavy atom. The van der Waals surface area contributed by atoms with Crippen molar-refractivity contribution in [2.24, 2.45) is 0 Å². The van der Waals surface area contributed by atoms with Gasteiger partial charge in [-0.25, -0.2) is 4.57 Å². The Balaban J connectivity index is 5.12. The summed E-state index contributed by atoms with van der Waals surface area (Å²) in [6, 6.07) is -0.864. The molecule has 458 valence electrons. The van der Waals surface area contributed by atoms with Gasteiger partial charge in [-0.05, 0) is 109 Å². The largest absolute Gasteiger partial charge is 0.472 e. The number of hydrogen-bond donors (Lipinski definition) is 2. The van der Waals surface area contributed by atoms with Crippen LogP contribution in [-0.4, -0.2) is 74.3 Å². The smallest absolute Gasteiger partial charge is 0.456 e.